The van der Waals surface area contributed by atoms with E-state index in [2.05, 4.69) is 0 Å². The Kier molecular flexibility index (Phi) is 4.34. The summed E-state index contributed by atoms with van der Waals surface area (Å²) in [4.78, 5) is 12.3. The Hall–Kier alpha value is -1.75. The molecule has 2 N–H and O–H groups in total. The van der Waals surface area contributed by atoms with Gasteiger partial charge in [0.05, 0.1) is 13.7 Å². The van der Waals surface area contributed by atoms with Crippen molar-refractivity contribution in [1.29, 1.82) is 0 Å². The van der Waals surface area contributed by atoms with Gasteiger partial charge >= 0.3 is 5.97 Å². The predicted molar refractivity (Wildman–Crippen MR) is 63.3 cm³/mol. The third-order valence-electron chi connectivity index (χ3n) is 2.73. The number of likely N-dealkylation sites (N-methyl/N-ethyl adjacent to an activating group) is 1. The van der Waals surface area contributed by atoms with Gasteiger partial charge in [0.1, 0.15) is 0 Å². The molecule has 0 saturated heterocycles. The van der Waals surface area contributed by atoms with Crippen molar-refractivity contribution in [1.82, 2.24) is 4.90 Å². The zero-order chi connectivity index (χ0) is 13.0. The molecular weight excluding hydrogens is 222 g/mol. The van der Waals surface area contributed by atoms with Crippen LogP contribution in [0.2, 0.25) is 0 Å². The van der Waals surface area contributed by atoms with Gasteiger partial charge in [0.2, 0.25) is 0 Å². The quantitative estimate of drug-likeness (QED) is 0.814. The summed E-state index contributed by atoms with van der Waals surface area (Å²) in [5.41, 5.74) is 0.892. The van der Waals surface area contributed by atoms with E-state index in [1.165, 1.54) is 7.11 Å². The smallest absolute Gasteiger partial charge is 0.317 e. The van der Waals surface area contributed by atoms with E-state index in [4.69, 9.17) is 9.84 Å². The topological polar surface area (TPSA) is 70.0 Å². The molecule has 1 atom stereocenters. The molecule has 0 aromatic heterocycles. The van der Waals surface area contributed by atoms with Crippen molar-refractivity contribution in [2.75, 3.05) is 20.7 Å². The summed E-state index contributed by atoms with van der Waals surface area (Å²) in [7, 11) is 3.21. The molecule has 0 amide bonds. The van der Waals surface area contributed by atoms with E-state index in [1.54, 1.807) is 30.1 Å². The highest BCUT2D eigenvalue weighted by molar-refractivity contribution is 5.69. The lowest BCUT2D eigenvalue weighted by molar-refractivity contribution is -0.138. The summed E-state index contributed by atoms with van der Waals surface area (Å²) in [6.45, 7) is 1.86. The number of carboxylic acids is 1. The first-order valence-corrected chi connectivity index (χ1v) is 5.24. The first-order valence-electron chi connectivity index (χ1n) is 5.24. The van der Waals surface area contributed by atoms with Crippen molar-refractivity contribution < 1.29 is 19.7 Å². The molecule has 1 unspecified atom stereocenters. The second-order valence-electron chi connectivity index (χ2n) is 3.92. The molecule has 0 aliphatic carbocycles. The van der Waals surface area contributed by atoms with Crippen LogP contribution in [0.5, 0.6) is 11.5 Å². The predicted octanol–water partition coefficient (Wildman–Crippen LogP) is 1.48. The lowest BCUT2D eigenvalue weighted by atomic mass is 10.1. The van der Waals surface area contributed by atoms with Gasteiger partial charge in [0.15, 0.2) is 11.5 Å². The summed E-state index contributed by atoms with van der Waals surface area (Å²) in [5.74, 6) is -0.410. The molecule has 0 saturated carbocycles. The fraction of sp³-hybridized carbons (Fsp3) is 0.417. The first kappa shape index (κ1) is 13.3. The number of methoxy groups -OCH3 is 1. The second-order valence-corrected chi connectivity index (χ2v) is 3.92. The number of nitrogens with zero attached hydrogens (tertiary/aromatic N) is 1. The van der Waals surface area contributed by atoms with Gasteiger partial charge in [-0.05, 0) is 31.7 Å². The van der Waals surface area contributed by atoms with Crippen LogP contribution in [-0.2, 0) is 4.79 Å². The molecular formula is C12H17NO4. The normalized spacial score (nSPS) is 12.5. The minimum atomic E-state index is -0.870. The maximum Gasteiger partial charge on any atom is 0.317 e. The number of hydrogen-bond donors (Lipinski definition) is 2. The van der Waals surface area contributed by atoms with E-state index in [0.717, 1.165) is 5.56 Å². The van der Waals surface area contributed by atoms with Crippen LogP contribution in [0, 0.1) is 0 Å². The Labute approximate surface area is 100 Å². The largest absolute Gasteiger partial charge is 0.504 e. The summed E-state index contributed by atoms with van der Waals surface area (Å²) >= 11 is 0. The van der Waals surface area contributed by atoms with Crippen molar-refractivity contribution in [2.45, 2.75) is 13.0 Å². The van der Waals surface area contributed by atoms with Gasteiger partial charge in [0.25, 0.3) is 0 Å². The maximum absolute atomic E-state index is 10.6. The van der Waals surface area contributed by atoms with Crippen molar-refractivity contribution in [3.05, 3.63) is 23.8 Å². The van der Waals surface area contributed by atoms with Crippen LogP contribution in [0.4, 0.5) is 0 Å². The molecule has 17 heavy (non-hydrogen) atoms. The van der Waals surface area contributed by atoms with E-state index < -0.39 is 5.97 Å². The zero-order valence-electron chi connectivity index (χ0n) is 10.2. The minimum Gasteiger partial charge on any atom is -0.504 e. The van der Waals surface area contributed by atoms with E-state index in [1.807, 2.05) is 6.92 Å². The number of ether oxygens (including phenoxy) is 1. The van der Waals surface area contributed by atoms with Crippen LogP contribution in [-0.4, -0.2) is 41.8 Å². The molecule has 0 bridgehead atoms. The average Bonchev–Trinajstić information content (AvgIpc) is 2.27. The van der Waals surface area contributed by atoms with Gasteiger partial charge in [-0.15, -0.1) is 0 Å². The van der Waals surface area contributed by atoms with Gasteiger partial charge in [0, 0.05) is 6.04 Å². The number of carbonyl (C=O) groups is 1. The number of phenolic OH excluding ortho intramolecular Hbond substituents is 1. The number of phenols is 1. The Balaban J connectivity index is 2.88. The maximum atomic E-state index is 10.6. The molecule has 1 rings (SSSR count). The fourth-order valence-electron chi connectivity index (χ4n) is 1.56. The molecule has 5 nitrogen and oxygen atoms in total. The zero-order valence-corrected chi connectivity index (χ0v) is 10.2. The number of aliphatic carboxylic acids is 1. The molecule has 0 radical (unpaired) electrons. The molecule has 1 aromatic carbocycles. The Morgan fingerprint density at radius 3 is 2.71 bits per heavy atom. The van der Waals surface area contributed by atoms with Gasteiger partial charge in [-0.25, -0.2) is 0 Å². The third-order valence-corrected chi connectivity index (χ3v) is 2.73. The van der Waals surface area contributed by atoms with Crippen LogP contribution in [0.1, 0.15) is 18.5 Å². The van der Waals surface area contributed by atoms with Gasteiger partial charge in [-0.1, -0.05) is 6.07 Å². The van der Waals surface area contributed by atoms with Gasteiger partial charge in [-0.3, -0.25) is 9.69 Å². The van der Waals surface area contributed by atoms with E-state index in [9.17, 15) is 9.90 Å². The van der Waals surface area contributed by atoms with E-state index in [-0.39, 0.29) is 18.3 Å². The number of hydrogen-bond acceptors (Lipinski definition) is 4. The molecule has 0 aliphatic rings. The Bertz CT molecular complexity index is 405. The third kappa shape index (κ3) is 3.35. The molecule has 94 valence electrons. The molecule has 0 fully saturated rings. The lowest BCUT2D eigenvalue weighted by Gasteiger charge is -2.23. The Morgan fingerprint density at radius 2 is 2.18 bits per heavy atom. The van der Waals surface area contributed by atoms with Crippen LogP contribution in [0.3, 0.4) is 0 Å². The number of rotatable bonds is 5. The molecule has 0 spiro atoms. The van der Waals surface area contributed by atoms with Gasteiger partial charge in [-0.2, -0.15) is 0 Å². The minimum absolute atomic E-state index is 0.0373. The van der Waals surface area contributed by atoms with Crippen LogP contribution in [0.25, 0.3) is 0 Å². The first-order chi connectivity index (χ1) is 7.95. The standard InChI is InChI=1S/C12H17NO4/c1-8(13(2)7-12(15)16)9-4-5-10(14)11(6-9)17-3/h4-6,8,14H,7H2,1-3H3,(H,15,16). The monoisotopic (exact) mass is 239 g/mol. The van der Waals surface area contributed by atoms with Crippen molar-refractivity contribution >= 4 is 5.97 Å². The summed E-state index contributed by atoms with van der Waals surface area (Å²) in [6, 6.07) is 4.93. The summed E-state index contributed by atoms with van der Waals surface area (Å²) < 4.78 is 5.01. The molecule has 0 aliphatic heterocycles. The summed E-state index contributed by atoms with van der Waals surface area (Å²) in [6.07, 6.45) is 0. The highest BCUT2D eigenvalue weighted by atomic mass is 16.5. The van der Waals surface area contributed by atoms with E-state index >= 15 is 0 Å². The van der Waals surface area contributed by atoms with Crippen molar-refractivity contribution in [2.24, 2.45) is 0 Å². The van der Waals surface area contributed by atoms with Crippen molar-refractivity contribution in [3.63, 3.8) is 0 Å². The lowest BCUT2D eigenvalue weighted by Crippen LogP contribution is -2.28. The SMILES string of the molecule is COc1cc(C(C)N(C)CC(=O)O)ccc1O. The van der Waals surface area contributed by atoms with Crippen LogP contribution in [0.15, 0.2) is 18.2 Å². The second kappa shape index (κ2) is 5.54. The highest BCUT2D eigenvalue weighted by Crippen LogP contribution is 2.30. The number of carboxylic acid groups (broad SMARTS) is 1. The molecule has 1 aromatic rings. The van der Waals surface area contributed by atoms with Crippen LogP contribution < -0.4 is 4.74 Å². The van der Waals surface area contributed by atoms with E-state index in [0.29, 0.717) is 5.75 Å². The highest BCUT2D eigenvalue weighted by Gasteiger charge is 2.15. The summed E-state index contributed by atoms with van der Waals surface area (Å²) in [5, 5.41) is 18.2. The number of aromatic hydroxyl groups is 1. The fourth-order valence-corrected chi connectivity index (χ4v) is 1.56. The van der Waals surface area contributed by atoms with Crippen molar-refractivity contribution in [3.8, 4) is 11.5 Å². The molecule has 5 heteroatoms. The average molecular weight is 239 g/mol. The number of benzene rings is 1. The molecule has 0 heterocycles. The van der Waals surface area contributed by atoms with Crippen LogP contribution >= 0.6 is 0 Å². The Morgan fingerprint density at radius 1 is 1.53 bits per heavy atom. The van der Waals surface area contributed by atoms with Gasteiger partial charge < -0.3 is 14.9 Å².